The molecule has 26 atom stereocenters. The fraction of sp³-hybridized carbons (Fsp3) is 0.897. The van der Waals surface area contributed by atoms with Crippen LogP contribution in [0.3, 0.4) is 0 Å². The van der Waals surface area contributed by atoms with Gasteiger partial charge in [-0.3, -0.25) is 18.9 Å². The minimum absolute atomic E-state index is 0.803. The molecule has 3 amide bonds. The lowest BCUT2D eigenvalue weighted by molar-refractivity contribution is -0.381. The SMILES string of the molecule is CC(=O)N[C@@H]1[C@@H](O[C@@H]2O[C@H](CO)[C@@H](O[C@@H]3O[C@H](CO)[C@H](O)[C@H](OS(=O)(=O)O)[C@H]3O)[C@H](O[C@@H]3O[C@@H](C)[C@@H](O)[C@@H](O)[C@@H]3O)[C@H]2NC(C)=O)[C@@H](O)[C@@H](CO[C@]2(C(=O)O)C[C@H](O)[C@@H](NC(C)=O)[C@H]([C@H](O)[C@H](O)CO)O2)O[C@@H]1O. The van der Waals surface area contributed by atoms with E-state index in [2.05, 4.69) is 20.1 Å². The van der Waals surface area contributed by atoms with Crippen LogP contribution < -0.4 is 16.0 Å². The number of ether oxygens (including phenoxy) is 9. The normalized spacial score (nSPS) is 43.9. The molecule has 5 heterocycles. The van der Waals surface area contributed by atoms with Crippen molar-refractivity contribution in [2.75, 3.05) is 26.4 Å². The molecule has 0 aromatic rings. The number of hydrogen-bond donors (Lipinski definition) is 18. The summed E-state index contributed by atoms with van der Waals surface area (Å²) in [7, 11) is -5.46. The zero-order valence-electron chi connectivity index (χ0n) is 39.6. The molecule has 35 heteroatoms. The number of hydrogen-bond acceptors (Lipinski definition) is 29. The Morgan fingerprint density at radius 3 is 1.72 bits per heavy atom. The van der Waals surface area contributed by atoms with Gasteiger partial charge in [0.25, 0.3) is 5.79 Å². The molecule has 0 aliphatic carbocycles. The molecule has 74 heavy (non-hydrogen) atoms. The van der Waals surface area contributed by atoms with Gasteiger partial charge in [-0.05, 0) is 6.92 Å². The van der Waals surface area contributed by atoms with E-state index >= 15 is 0 Å². The molecular weight excluding hydrogens is 1040 g/mol. The van der Waals surface area contributed by atoms with E-state index in [4.69, 9.17) is 42.6 Å². The van der Waals surface area contributed by atoms with Gasteiger partial charge in [-0.15, -0.1) is 0 Å². The minimum Gasteiger partial charge on any atom is -0.477 e. The molecule has 34 nitrogen and oxygen atoms in total. The van der Waals surface area contributed by atoms with E-state index in [9.17, 15) is 104 Å². The van der Waals surface area contributed by atoms with Crippen molar-refractivity contribution < 1.29 is 150 Å². The molecule has 0 aromatic heterocycles. The van der Waals surface area contributed by atoms with Crippen LogP contribution in [-0.2, 0) is 76.4 Å². The summed E-state index contributed by atoms with van der Waals surface area (Å²) in [6.45, 7) is -0.422. The average molecular weight is 1100 g/mol. The number of carbonyl (C=O) groups is 4. The first-order chi connectivity index (χ1) is 34.5. The van der Waals surface area contributed by atoms with E-state index in [0.717, 1.165) is 20.8 Å². The van der Waals surface area contributed by atoms with Crippen LogP contribution in [0.4, 0.5) is 0 Å². The van der Waals surface area contributed by atoms with Crippen LogP contribution in [0, 0.1) is 0 Å². The molecule has 428 valence electrons. The Hall–Kier alpha value is -3.13. The van der Waals surface area contributed by atoms with Gasteiger partial charge in [0.05, 0.1) is 44.7 Å². The Bertz CT molecular complexity index is 2010. The molecule has 5 rings (SSSR count). The number of carboxylic acid groups (broad SMARTS) is 1. The predicted molar refractivity (Wildman–Crippen MR) is 228 cm³/mol. The summed E-state index contributed by atoms with van der Waals surface area (Å²) >= 11 is 0. The van der Waals surface area contributed by atoms with Crippen LogP contribution >= 0.6 is 0 Å². The fourth-order valence-electron chi connectivity index (χ4n) is 9.01. The molecule has 0 radical (unpaired) electrons. The number of carboxylic acids is 1. The largest absolute Gasteiger partial charge is 0.477 e. The van der Waals surface area contributed by atoms with Gasteiger partial charge in [0.1, 0.15) is 110 Å². The Morgan fingerprint density at radius 1 is 0.635 bits per heavy atom. The van der Waals surface area contributed by atoms with Crippen molar-refractivity contribution >= 4 is 34.1 Å². The maximum atomic E-state index is 13.0. The van der Waals surface area contributed by atoms with E-state index in [-0.39, 0.29) is 0 Å². The third kappa shape index (κ3) is 14.1. The molecule has 0 unspecified atom stereocenters. The van der Waals surface area contributed by atoms with Crippen molar-refractivity contribution in [3.63, 3.8) is 0 Å². The molecule has 0 bridgehead atoms. The van der Waals surface area contributed by atoms with Crippen molar-refractivity contribution in [1.29, 1.82) is 0 Å². The molecule has 5 fully saturated rings. The number of aliphatic hydroxyl groups excluding tert-OH is 13. The number of carbonyl (C=O) groups excluding carboxylic acids is 3. The number of rotatable bonds is 20. The molecular formula is C39H65N3O31S. The molecule has 0 aromatic carbocycles. The van der Waals surface area contributed by atoms with Crippen molar-refractivity contribution in [3.8, 4) is 0 Å². The Balaban J connectivity index is 1.54. The van der Waals surface area contributed by atoms with Crippen LogP contribution in [0.15, 0.2) is 0 Å². The van der Waals surface area contributed by atoms with E-state index in [1.165, 1.54) is 6.92 Å². The third-order valence-electron chi connectivity index (χ3n) is 12.7. The van der Waals surface area contributed by atoms with E-state index in [1.807, 2.05) is 0 Å². The first-order valence-corrected chi connectivity index (χ1v) is 24.1. The van der Waals surface area contributed by atoms with Gasteiger partial charge in [0.2, 0.25) is 17.7 Å². The van der Waals surface area contributed by atoms with Crippen LogP contribution in [0.5, 0.6) is 0 Å². The van der Waals surface area contributed by atoms with Crippen LogP contribution in [-0.4, -0.2) is 294 Å². The fourth-order valence-corrected chi connectivity index (χ4v) is 9.51. The van der Waals surface area contributed by atoms with Gasteiger partial charge in [-0.25, -0.2) is 8.98 Å². The van der Waals surface area contributed by atoms with Gasteiger partial charge in [-0.1, -0.05) is 0 Å². The number of aliphatic carboxylic acids is 1. The van der Waals surface area contributed by atoms with E-state index in [0.29, 0.717) is 0 Å². The second-order valence-electron chi connectivity index (χ2n) is 18.1. The summed E-state index contributed by atoms with van der Waals surface area (Å²) in [5.74, 6) is -7.68. The van der Waals surface area contributed by atoms with Crippen molar-refractivity contribution in [2.24, 2.45) is 0 Å². The monoisotopic (exact) mass is 1100 g/mol. The molecule has 0 saturated carbocycles. The van der Waals surface area contributed by atoms with Gasteiger partial charge in [0, 0.05) is 27.2 Å². The molecule has 5 aliphatic heterocycles. The molecule has 5 aliphatic rings. The van der Waals surface area contributed by atoms with Crippen LogP contribution in [0.1, 0.15) is 34.1 Å². The summed E-state index contributed by atoms with van der Waals surface area (Å²) in [4.78, 5) is 50.5. The van der Waals surface area contributed by atoms with Crippen LogP contribution in [0.25, 0.3) is 0 Å². The van der Waals surface area contributed by atoms with Gasteiger partial charge >= 0.3 is 16.4 Å². The third-order valence-corrected chi connectivity index (χ3v) is 13.1. The second kappa shape index (κ2) is 25.6. The van der Waals surface area contributed by atoms with Crippen LogP contribution in [0.2, 0.25) is 0 Å². The zero-order chi connectivity index (χ0) is 55.5. The molecule has 0 spiro atoms. The van der Waals surface area contributed by atoms with Gasteiger partial charge in [-0.2, -0.15) is 8.42 Å². The van der Waals surface area contributed by atoms with Crippen molar-refractivity contribution in [1.82, 2.24) is 16.0 Å². The molecule has 18 N–H and O–H groups in total. The van der Waals surface area contributed by atoms with Crippen molar-refractivity contribution in [3.05, 3.63) is 0 Å². The Morgan fingerprint density at radius 2 is 1.16 bits per heavy atom. The summed E-state index contributed by atoms with van der Waals surface area (Å²) < 4.78 is 89.5. The lowest BCUT2D eigenvalue weighted by atomic mass is 9.88. The summed E-state index contributed by atoms with van der Waals surface area (Å²) in [5, 5.41) is 157. The summed E-state index contributed by atoms with van der Waals surface area (Å²) in [5.41, 5.74) is 0. The smallest absolute Gasteiger partial charge is 0.397 e. The van der Waals surface area contributed by atoms with E-state index < -0.39 is 226 Å². The number of amides is 3. The number of aliphatic hydroxyl groups is 13. The minimum atomic E-state index is -5.46. The zero-order valence-corrected chi connectivity index (χ0v) is 40.4. The van der Waals surface area contributed by atoms with Gasteiger partial charge < -0.3 is 130 Å². The predicted octanol–water partition coefficient (Wildman–Crippen LogP) is -11.4. The highest BCUT2D eigenvalue weighted by Gasteiger charge is 2.60. The van der Waals surface area contributed by atoms with E-state index in [1.54, 1.807) is 0 Å². The highest BCUT2D eigenvalue weighted by molar-refractivity contribution is 7.80. The standard InChI is InChI=1S/C39H65N3O31S/c1-10-22(51)26(55)27(56)36(65-10)71-32-21(42-13(4)48)35(68-17(8-45)29(32)69-37-28(57)33(73-74(61,62)63)24(53)16(7-44)67-37)70-30-20(41-12(3)47)34(58)66-18(25(30)54)9-64-39(38(59)60)5-14(49)19(40-11(2)46)31(72-39)23(52)15(50)6-43/h10,14-37,43-45,49-58H,5-9H2,1-4H3,(H,40,46)(H,41,47)(H,42,48)(H,59,60)(H,61,62,63)/t10-,14-,15+,16+,17+,18+,19+,20+,21+,22+,23+,24-,25-,26+,27-,28+,29+,30+,31+,32+,33-,34-,35-,36-,37-,39+/m0/s1. The highest BCUT2D eigenvalue weighted by atomic mass is 32.3. The summed E-state index contributed by atoms with van der Waals surface area (Å²) in [6, 6.07) is -5.41. The maximum absolute atomic E-state index is 13.0. The maximum Gasteiger partial charge on any atom is 0.397 e. The quantitative estimate of drug-likeness (QED) is 0.0503. The van der Waals surface area contributed by atoms with Gasteiger partial charge in [0.15, 0.2) is 25.2 Å². The Labute approximate surface area is 419 Å². The van der Waals surface area contributed by atoms with Crippen molar-refractivity contribution in [2.45, 2.75) is 193 Å². The first kappa shape index (κ1) is 61.7. The first-order valence-electron chi connectivity index (χ1n) is 22.7. The Kier molecular flexibility index (Phi) is 21.3. The highest BCUT2D eigenvalue weighted by Crippen LogP contribution is 2.38. The second-order valence-corrected chi connectivity index (χ2v) is 19.2. The average Bonchev–Trinajstić information content (AvgIpc) is 3.32. The topological polar surface area (TPSA) is 534 Å². The number of nitrogens with one attached hydrogen (secondary N) is 3. The lowest BCUT2D eigenvalue weighted by Crippen LogP contribution is -2.72. The lowest BCUT2D eigenvalue weighted by Gasteiger charge is -2.52. The molecule has 5 saturated heterocycles. The summed E-state index contributed by atoms with van der Waals surface area (Å²) in [6.07, 6.45) is -46.0.